The molecule has 6 heteroatoms. The highest BCUT2D eigenvalue weighted by molar-refractivity contribution is 5.76. The SMILES string of the molecule is O=C(C[C@]12COC[C@H]1CN(Cc1cccnc1)C2)NCc1ccccn1. The van der Waals surface area contributed by atoms with Crippen LogP contribution in [0.4, 0.5) is 0 Å². The van der Waals surface area contributed by atoms with E-state index in [9.17, 15) is 4.79 Å². The van der Waals surface area contributed by atoms with Crippen LogP contribution in [0.25, 0.3) is 0 Å². The minimum absolute atomic E-state index is 0.0730. The number of hydrogen-bond acceptors (Lipinski definition) is 5. The quantitative estimate of drug-likeness (QED) is 0.856. The zero-order chi connectivity index (χ0) is 17.8. The molecule has 0 spiro atoms. The number of aromatic nitrogens is 2. The van der Waals surface area contributed by atoms with Gasteiger partial charge in [0.2, 0.25) is 5.91 Å². The number of likely N-dealkylation sites (tertiary alicyclic amines) is 1. The fourth-order valence-corrected chi connectivity index (χ4v) is 4.14. The third-order valence-electron chi connectivity index (χ3n) is 5.43. The van der Waals surface area contributed by atoms with Crippen molar-refractivity contribution in [1.29, 1.82) is 0 Å². The molecular weight excluding hydrogens is 328 g/mol. The van der Waals surface area contributed by atoms with Crippen LogP contribution >= 0.6 is 0 Å². The lowest BCUT2D eigenvalue weighted by molar-refractivity contribution is -0.123. The van der Waals surface area contributed by atoms with Crippen LogP contribution in [0.1, 0.15) is 17.7 Å². The molecule has 4 heterocycles. The van der Waals surface area contributed by atoms with Crippen molar-refractivity contribution < 1.29 is 9.53 Å². The van der Waals surface area contributed by atoms with E-state index in [1.165, 1.54) is 5.56 Å². The number of amides is 1. The maximum Gasteiger partial charge on any atom is 0.221 e. The summed E-state index contributed by atoms with van der Waals surface area (Å²) in [6.07, 6.45) is 5.96. The Bertz CT molecular complexity index is 740. The fraction of sp³-hybridized carbons (Fsp3) is 0.450. The summed E-state index contributed by atoms with van der Waals surface area (Å²) in [7, 11) is 0. The maximum atomic E-state index is 12.6. The number of carbonyl (C=O) groups is 1. The van der Waals surface area contributed by atoms with Crippen molar-refractivity contribution >= 4 is 5.91 Å². The summed E-state index contributed by atoms with van der Waals surface area (Å²) in [5.74, 6) is 0.495. The first-order chi connectivity index (χ1) is 12.7. The van der Waals surface area contributed by atoms with E-state index in [1.807, 2.05) is 30.5 Å². The van der Waals surface area contributed by atoms with E-state index < -0.39 is 0 Å². The van der Waals surface area contributed by atoms with Gasteiger partial charge in [-0.05, 0) is 23.8 Å². The average Bonchev–Trinajstić information content (AvgIpc) is 3.18. The van der Waals surface area contributed by atoms with Crippen LogP contribution in [-0.4, -0.2) is 47.1 Å². The molecule has 4 rings (SSSR count). The van der Waals surface area contributed by atoms with E-state index in [0.29, 0.717) is 25.5 Å². The van der Waals surface area contributed by atoms with Gasteiger partial charge in [-0.1, -0.05) is 12.1 Å². The van der Waals surface area contributed by atoms with Crippen molar-refractivity contribution in [3.05, 3.63) is 60.2 Å². The molecule has 0 aromatic carbocycles. The van der Waals surface area contributed by atoms with Crippen LogP contribution in [0.15, 0.2) is 48.9 Å². The molecule has 2 aliphatic rings. The number of hydrogen-bond donors (Lipinski definition) is 1. The summed E-state index contributed by atoms with van der Waals surface area (Å²) in [5.41, 5.74) is 2.02. The summed E-state index contributed by atoms with van der Waals surface area (Å²) in [4.78, 5) is 23.4. The lowest BCUT2D eigenvalue weighted by Crippen LogP contribution is -2.37. The van der Waals surface area contributed by atoms with E-state index in [2.05, 4.69) is 26.3 Å². The third-order valence-corrected chi connectivity index (χ3v) is 5.43. The van der Waals surface area contributed by atoms with Crippen LogP contribution in [0.5, 0.6) is 0 Å². The number of nitrogens with one attached hydrogen (secondary N) is 1. The molecule has 26 heavy (non-hydrogen) atoms. The molecule has 2 aromatic heterocycles. The van der Waals surface area contributed by atoms with Gasteiger partial charge >= 0.3 is 0 Å². The van der Waals surface area contributed by atoms with Gasteiger partial charge in [-0.3, -0.25) is 19.7 Å². The molecule has 0 unspecified atom stereocenters. The van der Waals surface area contributed by atoms with E-state index in [0.717, 1.165) is 31.9 Å². The second-order valence-corrected chi connectivity index (χ2v) is 7.38. The second-order valence-electron chi connectivity index (χ2n) is 7.38. The second kappa shape index (κ2) is 7.51. The van der Waals surface area contributed by atoms with Crippen molar-refractivity contribution in [3.8, 4) is 0 Å². The van der Waals surface area contributed by atoms with Crippen LogP contribution < -0.4 is 5.32 Å². The Morgan fingerprint density at radius 2 is 2.27 bits per heavy atom. The minimum atomic E-state index is -0.0730. The average molecular weight is 352 g/mol. The lowest BCUT2D eigenvalue weighted by Gasteiger charge is -2.26. The van der Waals surface area contributed by atoms with Crippen LogP contribution in [-0.2, 0) is 22.6 Å². The van der Waals surface area contributed by atoms with Crippen molar-refractivity contribution in [2.75, 3.05) is 26.3 Å². The van der Waals surface area contributed by atoms with Gasteiger partial charge in [-0.25, -0.2) is 0 Å². The highest BCUT2D eigenvalue weighted by Crippen LogP contribution is 2.44. The predicted molar refractivity (Wildman–Crippen MR) is 97.0 cm³/mol. The zero-order valence-electron chi connectivity index (χ0n) is 14.8. The number of ether oxygens (including phenoxy) is 1. The van der Waals surface area contributed by atoms with E-state index in [4.69, 9.17) is 4.74 Å². The molecule has 1 N–H and O–H groups in total. The minimum Gasteiger partial charge on any atom is -0.380 e. The lowest BCUT2D eigenvalue weighted by atomic mass is 9.78. The first-order valence-corrected chi connectivity index (χ1v) is 9.09. The highest BCUT2D eigenvalue weighted by Gasteiger charge is 2.51. The number of rotatable bonds is 6. The van der Waals surface area contributed by atoms with E-state index in [1.54, 1.807) is 12.4 Å². The molecule has 136 valence electrons. The smallest absolute Gasteiger partial charge is 0.221 e. The number of carbonyl (C=O) groups excluding carboxylic acids is 1. The first-order valence-electron chi connectivity index (χ1n) is 9.09. The van der Waals surface area contributed by atoms with Crippen LogP contribution in [0, 0.1) is 11.3 Å². The molecule has 0 radical (unpaired) electrons. The van der Waals surface area contributed by atoms with Gasteiger partial charge in [0.25, 0.3) is 0 Å². The van der Waals surface area contributed by atoms with E-state index >= 15 is 0 Å². The maximum absolute atomic E-state index is 12.6. The standard InChI is InChI=1S/C20H24N4O2/c25-19(23-10-18-5-1-2-7-22-18)8-20-14-24(12-17(20)13-26-15-20)11-16-4-3-6-21-9-16/h1-7,9,17H,8,10-15H2,(H,23,25)/t17-,20+/m1/s1. The molecule has 0 bridgehead atoms. The Labute approximate surface area is 153 Å². The topological polar surface area (TPSA) is 67.3 Å². The normalized spacial score (nSPS) is 25.2. The van der Waals surface area contributed by atoms with E-state index in [-0.39, 0.29) is 11.3 Å². The summed E-state index contributed by atoms with van der Waals surface area (Å²) >= 11 is 0. The molecule has 0 aliphatic carbocycles. The van der Waals surface area contributed by atoms with Crippen molar-refractivity contribution in [1.82, 2.24) is 20.2 Å². The summed E-state index contributed by atoms with van der Waals surface area (Å²) in [6.45, 7) is 4.63. The molecule has 2 atom stereocenters. The molecule has 2 aromatic rings. The van der Waals surface area contributed by atoms with Gasteiger partial charge in [-0.15, -0.1) is 0 Å². The molecule has 1 amide bonds. The van der Waals surface area contributed by atoms with Gasteiger partial charge in [-0.2, -0.15) is 0 Å². The number of pyridine rings is 2. The third kappa shape index (κ3) is 3.76. The van der Waals surface area contributed by atoms with Gasteiger partial charge in [0.05, 0.1) is 25.5 Å². The molecule has 2 fully saturated rings. The Hall–Kier alpha value is -2.31. The summed E-state index contributed by atoms with van der Waals surface area (Å²) < 4.78 is 5.75. The van der Waals surface area contributed by atoms with Crippen molar-refractivity contribution in [3.63, 3.8) is 0 Å². The molecule has 2 saturated heterocycles. The zero-order valence-corrected chi connectivity index (χ0v) is 14.8. The Kier molecular flexibility index (Phi) is 4.95. The van der Waals surface area contributed by atoms with Crippen LogP contribution in [0.3, 0.4) is 0 Å². The first kappa shape index (κ1) is 17.1. The van der Waals surface area contributed by atoms with Crippen molar-refractivity contribution in [2.45, 2.75) is 19.5 Å². The molecule has 6 nitrogen and oxygen atoms in total. The molecular formula is C20H24N4O2. The summed E-state index contributed by atoms with van der Waals surface area (Å²) in [6, 6.07) is 9.80. The molecule has 0 saturated carbocycles. The van der Waals surface area contributed by atoms with Crippen molar-refractivity contribution in [2.24, 2.45) is 11.3 Å². The van der Waals surface area contributed by atoms with Crippen LogP contribution in [0.2, 0.25) is 0 Å². The van der Waals surface area contributed by atoms with Gasteiger partial charge in [0.15, 0.2) is 0 Å². The predicted octanol–water partition coefficient (Wildman–Crippen LogP) is 1.63. The monoisotopic (exact) mass is 352 g/mol. The number of nitrogens with zero attached hydrogens (tertiary/aromatic N) is 3. The largest absolute Gasteiger partial charge is 0.380 e. The Morgan fingerprint density at radius 3 is 3.08 bits per heavy atom. The van der Waals surface area contributed by atoms with Gasteiger partial charge < -0.3 is 10.1 Å². The van der Waals surface area contributed by atoms with Gasteiger partial charge in [0.1, 0.15) is 0 Å². The number of fused-ring (bicyclic) bond motifs is 1. The fourth-order valence-electron chi connectivity index (χ4n) is 4.14. The Balaban J connectivity index is 1.36. The van der Waals surface area contributed by atoms with Gasteiger partial charge in [0, 0.05) is 56.0 Å². The molecule has 2 aliphatic heterocycles. The highest BCUT2D eigenvalue weighted by atomic mass is 16.5. The summed E-state index contributed by atoms with van der Waals surface area (Å²) in [5, 5.41) is 3.01. The Morgan fingerprint density at radius 1 is 1.31 bits per heavy atom.